The molecule has 0 N–H and O–H groups in total. The van der Waals surface area contributed by atoms with Crippen LogP contribution in [0.5, 0.6) is 0 Å². The highest BCUT2D eigenvalue weighted by atomic mass is 32.2. The third-order valence-electron chi connectivity index (χ3n) is 5.22. The summed E-state index contributed by atoms with van der Waals surface area (Å²) in [6.45, 7) is 2.10. The van der Waals surface area contributed by atoms with Crippen molar-refractivity contribution >= 4 is 67.5 Å². The number of anilines is 1. The van der Waals surface area contributed by atoms with Crippen molar-refractivity contribution in [1.82, 2.24) is 0 Å². The van der Waals surface area contributed by atoms with Crippen molar-refractivity contribution in [2.24, 2.45) is 20.0 Å². The Balaban J connectivity index is 1.67. The molecule has 1 aliphatic rings. The summed E-state index contributed by atoms with van der Waals surface area (Å²) in [6.07, 6.45) is 0. The molecule has 182 valence electrons. The van der Waals surface area contributed by atoms with E-state index in [0.29, 0.717) is 5.17 Å². The molecular weight excluding hydrogens is 494 g/mol. The summed E-state index contributed by atoms with van der Waals surface area (Å²) >= 11 is 3.11. The maximum absolute atomic E-state index is 5.06. The lowest BCUT2D eigenvalue weighted by molar-refractivity contribution is 1.40. The Labute approximate surface area is 225 Å². The van der Waals surface area contributed by atoms with E-state index in [4.69, 9.17) is 20.0 Å². The van der Waals surface area contributed by atoms with Crippen molar-refractivity contribution < 1.29 is 0 Å². The molecular formula is C30H25N5S2. The van der Waals surface area contributed by atoms with Crippen LogP contribution in [0.1, 0.15) is 6.92 Å². The van der Waals surface area contributed by atoms with Crippen LogP contribution in [-0.2, 0) is 0 Å². The average molecular weight is 520 g/mol. The number of aliphatic imine (C=N–C) groups is 4. The number of rotatable bonds is 5. The molecule has 4 aromatic rings. The average Bonchev–Trinajstić information content (AvgIpc) is 3.26. The Morgan fingerprint density at radius 1 is 0.676 bits per heavy atom. The molecule has 1 fully saturated rings. The van der Waals surface area contributed by atoms with Gasteiger partial charge in [-0.05, 0) is 66.0 Å². The van der Waals surface area contributed by atoms with Gasteiger partial charge in [0.25, 0.3) is 0 Å². The number of hydrogen-bond acceptors (Lipinski definition) is 5. The van der Waals surface area contributed by atoms with Gasteiger partial charge in [-0.1, -0.05) is 91.5 Å². The number of hydrogen-bond donors (Lipinski definition) is 0. The summed E-state index contributed by atoms with van der Waals surface area (Å²) in [5.41, 5.74) is 3.54. The van der Waals surface area contributed by atoms with E-state index in [1.165, 1.54) is 11.8 Å². The van der Waals surface area contributed by atoms with Gasteiger partial charge in [0.2, 0.25) is 0 Å². The third kappa shape index (κ3) is 6.44. The Kier molecular flexibility index (Phi) is 8.25. The second-order valence-corrected chi connectivity index (χ2v) is 10.0. The molecule has 1 aliphatic heterocycles. The Hall–Kier alpha value is -3.94. The normalized spacial score (nSPS) is 17.2. The minimum Gasteiger partial charge on any atom is -0.271 e. The van der Waals surface area contributed by atoms with Crippen LogP contribution >= 0.6 is 23.5 Å². The Bertz CT molecular complexity index is 1430. The zero-order valence-electron chi connectivity index (χ0n) is 20.3. The summed E-state index contributed by atoms with van der Waals surface area (Å²) in [4.78, 5) is 22.0. The topological polar surface area (TPSA) is 52.7 Å². The van der Waals surface area contributed by atoms with E-state index in [1.54, 1.807) is 11.8 Å². The minimum absolute atomic E-state index is 0.692. The van der Waals surface area contributed by atoms with Crippen LogP contribution in [0.25, 0.3) is 0 Å². The molecule has 4 aromatic carbocycles. The lowest BCUT2D eigenvalue weighted by Crippen LogP contribution is -2.31. The fraction of sp³-hybridized carbons (Fsp3) is 0.0667. The van der Waals surface area contributed by atoms with Crippen molar-refractivity contribution in [1.29, 1.82) is 0 Å². The van der Waals surface area contributed by atoms with Gasteiger partial charge in [-0.3, -0.25) is 4.90 Å². The zero-order valence-corrected chi connectivity index (χ0v) is 21.9. The van der Waals surface area contributed by atoms with Crippen LogP contribution in [0, 0.1) is 0 Å². The third-order valence-corrected chi connectivity index (χ3v) is 6.87. The van der Waals surface area contributed by atoms with E-state index in [2.05, 4.69) is 24.0 Å². The standard InChI is InChI=1S/C30H25N5S2/c1-2-36-29(33-25-19-11-5-12-20-25)34-30-35(26-21-13-6-14-22-26)27(31-23-15-7-3-8-16-23)28(37-30)32-24-17-9-4-10-18-24/h3-22H,2H2,1H3/b31-27?,32-28?,33-29?,34-30+. The molecule has 0 radical (unpaired) electrons. The van der Waals surface area contributed by atoms with E-state index in [9.17, 15) is 0 Å². The van der Waals surface area contributed by atoms with E-state index in [-0.39, 0.29) is 0 Å². The molecule has 1 saturated heterocycles. The molecule has 0 aromatic heterocycles. The van der Waals surface area contributed by atoms with Crippen LogP contribution in [0.4, 0.5) is 22.7 Å². The van der Waals surface area contributed by atoms with Crippen molar-refractivity contribution in [2.45, 2.75) is 6.92 Å². The predicted octanol–water partition coefficient (Wildman–Crippen LogP) is 8.50. The monoisotopic (exact) mass is 519 g/mol. The maximum atomic E-state index is 5.06. The van der Waals surface area contributed by atoms with Crippen LogP contribution < -0.4 is 4.90 Å². The first kappa shape index (κ1) is 24.7. The first-order valence-electron chi connectivity index (χ1n) is 12.0. The largest absolute Gasteiger partial charge is 0.271 e. The van der Waals surface area contributed by atoms with Gasteiger partial charge in [-0.25, -0.2) is 15.0 Å². The highest BCUT2D eigenvalue weighted by molar-refractivity contribution is 8.29. The molecule has 0 spiro atoms. The van der Waals surface area contributed by atoms with Crippen molar-refractivity contribution in [3.8, 4) is 0 Å². The van der Waals surface area contributed by atoms with Crippen LogP contribution in [0.3, 0.4) is 0 Å². The molecule has 0 saturated carbocycles. The summed E-state index contributed by atoms with van der Waals surface area (Å²) < 4.78 is 0. The second kappa shape index (κ2) is 12.3. The van der Waals surface area contributed by atoms with Gasteiger partial charge in [-0.15, -0.1) is 0 Å². The molecule has 0 amide bonds. The van der Waals surface area contributed by atoms with Crippen LogP contribution in [0.2, 0.25) is 0 Å². The van der Waals surface area contributed by atoms with Crippen LogP contribution in [-0.4, -0.2) is 27.0 Å². The van der Waals surface area contributed by atoms with Crippen molar-refractivity contribution in [3.63, 3.8) is 0 Å². The molecule has 0 atom stereocenters. The summed E-state index contributed by atoms with van der Waals surface area (Å²) in [5.74, 6) is 1.58. The Morgan fingerprint density at radius 3 is 1.76 bits per heavy atom. The van der Waals surface area contributed by atoms with Gasteiger partial charge in [0.05, 0.1) is 17.1 Å². The molecule has 0 unspecified atom stereocenters. The van der Waals surface area contributed by atoms with Gasteiger partial charge in [0, 0.05) is 5.69 Å². The van der Waals surface area contributed by atoms with Gasteiger partial charge >= 0.3 is 0 Å². The summed E-state index contributed by atoms with van der Waals surface area (Å²) in [6, 6.07) is 40.0. The number of amidine groups is 3. The quantitative estimate of drug-likeness (QED) is 0.196. The number of nitrogens with zero attached hydrogens (tertiary/aromatic N) is 5. The number of benzene rings is 4. The molecule has 0 bridgehead atoms. The molecule has 5 rings (SSSR count). The number of thioether (sulfide) groups is 2. The first-order chi connectivity index (χ1) is 18.3. The highest BCUT2D eigenvalue weighted by Gasteiger charge is 2.35. The fourth-order valence-electron chi connectivity index (χ4n) is 3.58. The SMILES string of the molecule is CCSC(=Nc1ccccc1)/N=C1/SC(=Nc2ccccc2)C(=Nc2ccccc2)N1c1ccccc1. The lowest BCUT2D eigenvalue weighted by atomic mass is 10.3. The number of para-hydroxylation sites is 4. The van der Waals surface area contributed by atoms with E-state index >= 15 is 0 Å². The van der Waals surface area contributed by atoms with Crippen LogP contribution in [0.15, 0.2) is 141 Å². The molecule has 1 heterocycles. The smallest absolute Gasteiger partial charge is 0.190 e. The van der Waals surface area contributed by atoms with Gasteiger partial charge in [-0.2, -0.15) is 4.99 Å². The maximum Gasteiger partial charge on any atom is 0.190 e. The van der Waals surface area contributed by atoms with Crippen molar-refractivity contribution in [3.05, 3.63) is 121 Å². The first-order valence-corrected chi connectivity index (χ1v) is 13.8. The molecule has 37 heavy (non-hydrogen) atoms. The van der Waals surface area contributed by atoms with E-state index in [1.807, 2.05) is 109 Å². The summed E-state index contributed by atoms with van der Waals surface area (Å²) in [5, 5.41) is 2.22. The van der Waals surface area contributed by atoms with Crippen molar-refractivity contribution in [2.75, 3.05) is 10.7 Å². The fourth-order valence-corrected chi connectivity index (χ4v) is 5.18. The second-order valence-electron chi connectivity index (χ2n) is 7.85. The zero-order chi connectivity index (χ0) is 25.3. The predicted molar refractivity (Wildman–Crippen MR) is 163 cm³/mol. The Morgan fingerprint density at radius 2 is 1.19 bits per heavy atom. The van der Waals surface area contributed by atoms with Gasteiger partial charge in [0.1, 0.15) is 5.04 Å². The highest BCUT2D eigenvalue weighted by Crippen LogP contribution is 2.33. The molecule has 5 nitrogen and oxygen atoms in total. The lowest BCUT2D eigenvalue weighted by Gasteiger charge is -2.18. The van der Waals surface area contributed by atoms with E-state index < -0.39 is 0 Å². The molecule has 0 aliphatic carbocycles. The van der Waals surface area contributed by atoms with Gasteiger partial charge < -0.3 is 0 Å². The van der Waals surface area contributed by atoms with Gasteiger partial charge in [0.15, 0.2) is 16.2 Å². The summed E-state index contributed by atoms with van der Waals surface area (Å²) in [7, 11) is 0. The minimum atomic E-state index is 0.692. The molecule has 7 heteroatoms. The van der Waals surface area contributed by atoms with E-state index in [0.717, 1.165) is 44.5 Å².